The lowest BCUT2D eigenvalue weighted by Gasteiger charge is -2.26. The van der Waals surface area contributed by atoms with E-state index in [1.165, 1.54) is 0 Å². The van der Waals surface area contributed by atoms with Crippen LogP contribution in [0.15, 0.2) is 0 Å². The van der Waals surface area contributed by atoms with Crippen LogP contribution < -0.4 is 5.32 Å². The Labute approximate surface area is 101 Å². The van der Waals surface area contributed by atoms with Crippen LogP contribution in [0.1, 0.15) is 53.9 Å². The van der Waals surface area contributed by atoms with E-state index in [1.807, 2.05) is 20.8 Å². The van der Waals surface area contributed by atoms with Crippen LogP contribution in [-0.2, 0) is 9.84 Å². The SMILES string of the molecule is CCCNC(CC)C(C)S(=O)(=O)C(C)CC. The summed E-state index contributed by atoms with van der Waals surface area (Å²) in [5.74, 6) is 0. The molecule has 4 heteroatoms. The van der Waals surface area contributed by atoms with Crippen LogP contribution >= 0.6 is 0 Å². The molecule has 0 saturated carbocycles. The zero-order valence-corrected chi connectivity index (χ0v) is 12.1. The van der Waals surface area contributed by atoms with E-state index in [9.17, 15) is 8.42 Å². The predicted octanol–water partition coefficient (Wildman–Crippen LogP) is 2.37. The predicted molar refractivity (Wildman–Crippen MR) is 70.5 cm³/mol. The summed E-state index contributed by atoms with van der Waals surface area (Å²) in [6, 6.07) is 0.0824. The van der Waals surface area contributed by atoms with Crippen molar-refractivity contribution >= 4 is 9.84 Å². The topological polar surface area (TPSA) is 46.2 Å². The van der Waals surface area contributed by atoms with E-state index in [4.69, 9.17) is 0 Å². The van der Waals surface area contributed by atoms with Gasteiger partial charge in [-0.3, -0.25) is 0 Å². The molecule has 3 atom stereocenters. The van der Waals surface area contributed by atoms with Gasteiger partial charge in [0.1, 0.15) is 0 Å². The van der Waals surface area contributed by atoms with Crippen LogP contribution in [-0.4, -0.2) is 31.5 Å². The maximum Gasteiger partial charge on any atom is 0.156 e. The van der Waals surface area contributed by atoms with Gasteiger partial charge in [-0.1, -0.05) is 20.8 Å². The van der Waals surface area contributed by atoms with Crippen molar-refractivity contribution in [1.29, 1.82) is 0 Å². The van der Waals surface area contributed by atoms with Crippen molar-refractivity contribution in [3.63, 3.8) is 0 Å². The average Bonchev–Trinajstić information content (AvgIpc) is 2.28. The van der Waals surface area contributed by atoms with Gasteiger partial charge < -0.3 is 5.32 Å². The van der Waals surface area contributed by atoms with Gasteiger partial charge in [0, 0.05) is 6.04 Å². The maximum absolute atomic E-state index is 12.2. The third-order valence-corrected chi connectivity index (χ3v) is 6.14. The number of hydrogen-bond donors (Lipinski definition) is 1. The normalized spacial score (nSPS) is 18.1. The van der Waals surface area contributed by atoms with Crippen molar-refractivity contribution in [2.45, 2.75) is 70.4 Å². The first-order valence-electron chi connectivity index (χ1n) is 6.37. The van der Waals surface area contributed by atoms with Crippen molar-refractivity contribution in [2.75, 3.05) is 6.54 Å². The van der Waals surface area contributed by atoms with Crippen molar-refractivity contribution < 1.29 is 8.42 Å². The fourth-order valence-corrected chi connectivity index (χ4v) is 3.74. The van der Waals surface area contributed by atoms with Crippen molar-refractivity contribution in [1.82, 2.24) is 5.32 Å². The van der Waals surface area contributed by atoms with Gasteiger partial charge in [-0.15, -0.1) is 0 Å². The van der Waals surface area contributed by atoms with Crippen LogP contribution in [0.4, 0.5) is 0 Å². The first-order valence-corrected chi connectivity index (χ1v) is 7.98. The Hall–Kier alpha value is -0.0900. The van der Waals surface area contributed by atoms with Crippen LogP contribution in [0.5, 0.6) is 0 Å². The molecule has 0 aliphatic rings. The van der Waals surface area contributed by atoms with E-state index in [0.29, 0.717) is 6.42 Å². The third kappa shape index (κ3) is 4.06. The van der Waals surface area contributed by atoms with E-state index < -0.39 is 9.84 Å². The standard InChI is InChI=1S/C12H27NO2S/c1-6-9-13-12(8-3)11(5)16(14,15)10(4)7-2/h10-13H,6-9H2,1-5H3. The number of sulfone groups is 1. The molecule has 16 heavy (non-hydrogen) atoms. The summed E-state index contributed by atoms with van der Waals surface area (Å²) in [4.78, 5) is 0. The van der Waals surface area contributed by atoms with Gasteiger partial charge in [0.05, 0.1) is 10.5 Å². The highest BCUT2D eigenvalue weighted by Crippen LogP contribution is 2.17. The average molecular weight is 249 g/mol. The Morgan fingerprint density at radius 2 is 1.62 bits per heavy atom. The Bertz CT molecular complexity index is 275. The summed E-state index contributed by atoms with van der Waals surface area (Å²) in [6.07, 6.45) is 2.58. The Morgan fingerprint density at radius 3 is 2.00 bits per heavy atom. The first kappa shape index (κ1) is 15.9. The van der Waals surface area contributed by atoms with Crippen LogP contribution in [0, 0.1) is 0 Å². The summed E-state index contributed by atoms with van der Waals surface area (Å²) in [7, 11) is -2.99. The summed E-state index contributed by atoms with van der Waals surface area (Å²) >= 11 is 0. The van der Waals surface area contributed by atoms with Crippen LogP contribution in [0.3, 0.4) is 0 Å². The summed E-state index contributed by atoms with van der Waals surface area (Å²) in [5, 5.41) is 2.80. The van der Waals surface area contributed by atoms with Gasteiger partial charge in [0.2, 0.25) is 0 Å². The molecule has 0 heterocycles. The van der Waals surface area contributed by atoms with Gasteiger partial charge >= 0.3 is 0 Å². The molecular weight excluding hydrogens is 222 g/mol. The van der Waals surface area contributed by atoms with E-state index in [-0.39, 0.29) is 16.5 Å². The fraction of sp³-hybridized carbons (Fsp3) is 1.00. The molecule has 0 aliphatic heterocycles. The Kier molecular flexibility index (Phi) is 7.24. The number of rotatable bonds is 8. The van der Waals surface area contributed by atoms with Crippen molar-refractivity contribution in [2.24, 2.45) is 0 Å². The van der Waals surface area contributed by atoms with Crippen molar-refractivity contribution in [3.8, 4) is 0 Å². The third-order valence-electron chi connectivity index (χ3n) is 3.32. The van der Waals surface area contributed by atoms with Crippen LogP contribution in [0.25, 0.3) is 0 Å². The molecule has 0 amide bonds. The first-order chi connectivity index (χ1) is 7.41. The molecular formula is C12H27NO2S. The quantitative estimate of drug-likeness (QED) is 0.718. The highest BCUT2D eigenvalue weighted by atomic mass is 32.2. The highest BCUT2D eigenvalue weighted by Gasteiger charge is 2.31. The molecule has 0 rings (SSSR count). The van der Waals surface area contributed by atoms with Crippen molar-refractivity contribution in [3.05, 3.63) is 0 Å². The smallest absolute Gasteiger partial charge is 0.156 e. The molecule has 0 aliphatic carbocycles. The second kappa shape index (κ2) is 7.28. The molecule has 0 radical (unpaired) electrons. The lowest BCUT2D eigenvalue weighted by atomic mass is 10.1. The summed E-state index contributed by atoms with van der Waals surface area (Å²) in [5.41, 5.74) is 0. The lowest BCUT2D eigenvalue weighted by Crippen LogP contribution is -2.45. The molecule has 0 bridgehead atoms. The second-order valence-corrected chi connectivity index (χ2v) is 7.21. The van der Waals surface area contributed by atoms with E-state index in [1.54, 1.807) is 6.92 Å². The molecule has 3 nitrogen and oxygen atoms in total. The lowest BCUT2D eigenvalue weighted by molar-refractivity contribution is 0.468. The van der Waals surface area contributed by atoms with E-state index >= 15 is 0 Å². The monoisotopic (exact) mass is 249 g/mol. The zero-order chi connectivity index (χ0) is 12.8. The van der Waals surface area contributed by atoms with Gasteiger partial charge in [-0.05, 0) is 39.7 Å². The van der Waals surface area contributed by atoms with E-state index in [2.05, 4.69) is 12.2 Å². The van der Waals surface area contributed by atoms with Gasteiger partial charge in [0.25, 0.3) is 0 Å². The Balaban J connectivity index is 4.66. The molecule has 0 aromatic heterocycles. The maximum atomic E-state index is 12.2. The molecule has 0 saturated heterocycles. The van der Waals surface area contributed by atoms with Gasteiger partial charge in [-0.25, -0.2) is 8.42 Å². The van der Waals surface area contributed by atoms with Gasteiger partial charge in [0.15, 0.2) is 9.84 Å². The molecule has 0 aromatic carbocycles. The molecule has 3 unspecified atom stereocenters. The van der Waals surface area contributed by atoms with Gasteiger partial charge in [-0.2, -0.15) is 0 Å². The van der Waals surface area contributed by atoms with Crippen LogP contribution in [0.2, 0.25) is 0 Å². The zero-order valence-electron chi connectivity index (χ0n) is 11.3. The summed E-state index contributed by atoms with van der Waals surface area (Å²) < 4.78 is 24.4. The largest absolute Gasteiger partial charge is 0.313 e. The minimum Gasteiger partial charge on any atom is -0.313 e. The molecule has 0 aromatic rings. The molecule has 98 valence electrons. The minimum atomic E-state index is -2.99. The van der Waals surface area contributed by atoms with E-state index in [0.717, 1.165) is 19.4 Å². The second-order valence-electron chi connectivity index (χ2n) is 4.48. The number of hydrogen-bond acceptors (Lipinski definition) is 3. The fourth-order valence-electron chi connectivity index (χ4n) is 1.80. The number of nitrogens with one attached hydrogen (secondary N) is 1. The summed E-state index contributed by atoms with van der Waals surface area (Å²) in [6.45, 7) is 10.6. The molecule has 1 N–H and O–H groups in total. The molecule has 0 spiro atoms. The Morgan fingerprint density at radius 1 is 1.06 bits per heavy atom. The minimum absolute atomic E-state index is 0.0824. The highest BCUT2D eigenvalue weighted by molar-refractivity contribution is 7.92. The molecule has 0 fully saturated rings.